The second-order valence-corrected chi connectivity index (χ2v) is 3.99. The zero-order chi connectivity index (χ0) is 10.7. The summed E-state index contributed by atoms with van der Waals surface area (Å²) in [5.41, 5.74) is 2.41. The lowest BCUT2D eigenvalue weighted by atomic mass is 10.1. The van der Waals surface area contributed by atoms with Gasteiger partial charge in [0, 0.05) is 25.8 Å². The van der Waals surface area contributed by atoms with Crippen LogP contribution in [0.15, 0.2) is 24.3 Å². The summed E-state index contributed by atoms with van der Waals surface area (Å²) in [5, 5.41) is 3.11. The van der Waals surface area contributed by atoms with E-state index in [1.165, 1.54) is 5.56 Å². The largest absolute Gasteiger partial charge is 0.388 e. The Hall–Kier alpha value is -1.06. The fourth-order valence-electron chi connectivity index (χ4n) is 1.84. The first-order valence-electron chi connectivity index (χ1n) is 5.37. The highest BCUT2D eigenvalue weighted by atomic mass is 16.5. The first-order valence-corrected chi connectivity index (χ1v) is 5.37. The summed E-state index contributed by atoms with van der Waals surface area (Å²) >= 11 is 0. The van der Waals surface area contributed by atoms with E-state index in [4.69, 9.17) is 4.74 Å². The quantitative estimate of drug-likeness (QED) is 0.797. The predicted octanol–water partition coefficient (Wildman–Crippen LogP) is 1.73. The molecule has 0 aliphatic carbocycles. The number of rotatable bonds is 2. The van der Waals surface area contributed by atoms with Crippen molar-refractivity contribution in [1.29, 1.82) is 0 Å². The maximum atomic E-state index is 5.75. The van der Waals surface area contributed by atoms with E-state index < -0.39 is 0 Å². The number of benzene rings is 1. The summed E-state index contributed by atoms with van der Waals surface area (Å²) in [6.45, 7) is 2.85. The van der Waals surface area contributed by atoms with Crippen molar-refractivity contribution in [2.24, 2.45) is 0 Å². The third-order valence-corrected chi connectivity index (χ3v) is 2.84. The van der Waals surface area contributed by atoms with Crippen LogP contribution in [0.3, 0.4) is 0 Å². The molecule has 1 N–H and O–H groups in total. The summed E-state index contributed by atoms with van der Waals surface area (Å²) in [4.78, 5) is 2.31. The first kappa shape index (κ1) is 10.5. The summed E-state index contributed by atoms with van der Waals surface area (Å²) in [5.74, 6) is 0. The van der Waals surface area contributed by atoms with E-state index >= 15 is 0 Å². The molecule has 1 atom stereocenters. The van der Waals surface area contributed by atoms with Crippen LogP contribution in [0, 0.1) is 0 Å². The van der Waals surface area contributed by atoms with Crippen LogP contribution in [0.2, 0.25) is 0 Å². The van der Waals surface area contributed by atoms with Gasteiger partial charge >= 0.3 is 0 Å². The Morgan fingerprint density at radius 2 is 2.07 bits per heavy atom. The van der Waals surface area contributed by atoms with Gasteiger partial charge in [-0.3, -0.25) is 0 Å². The van der Waals surface area contributed by atoms with Crippen molar-refractivity contribution in [2.75, 3.05) is 39.1 Å². The Labute approximate surface area is 91.0 Å². The molecular weight excluding hydrogens is 188 g/mol. The molecule has 3 nitrogen and oxygen atoms in total. The van der Waals surface area contributed by atoms with Gasteiger partial charge in [-0.05, 0) is 24.7 Å². The van der Waals surface area contributed by atoms with Gasteiger partial charge in [0.2, 0.25) is 0 Å². The van der Waals surface area contributed by atoms with E-state index in [0.29, 0.717) is 0 Å². The number of hydrogen-bond acceptors (Lipinski definition) is 3. The highest BCUT2D eigenvalue weighted by Gasteiger charge is 2.18. The Morgan fingerprint density at radius 3 is 2.67 bits per heavy atom. The number of anilines is 1. The van der Waals surface area contributed by atoms with Crippen molar-refractivity contribution in [3.8, 4) is 0 Å². The Kier molecular flexibility index (Phi) is 3.23. The predicted molar refractivity (Wildman–Crippen MR) is 62.2 cm³/mol. The van der Waals surface area contributed by atoms with Gasteiger partial charge in [0.15, 0.2) is 0 Å². The van der Waals surface area contributed by atoms with E-state index in [1.54, 1.807) is 0 Å². The smallest absolute Gasteiger partial charge is 0.0952 e. The SMILES string of the molecule is CNc1ccc(C2CN(C)CCO2)cc1. The second kappa shape index (κ2) is 4.64. The molecular formula is C12H18N2O. The molecule has 3 heteroatoms. The zero-order valence-electron chi connectivity index (χ0n) is 9.36. The fraction of sp³-hybridized carbons (Fsp3) is 0.500. The monoisotopic (exact) mass is 206 g/mol. The molecule has 0 radical (unpaired) electrons. The van der Waals surface area contributed by atoms with Gasteiger partial charge in [-0.1, -0.05) is 12.1 Å². The van der Waals surface area contributed by atoms with Crippen LogP contribution >= 0.6 is 0 Å². The minimum atomic E-state index is 0.231. The molecule has 82 valence electrons. The number of nitrogens with one attached hydrogen (secondary N) is 1. The molecule has 1 aromatic rings. The topological polar surface area (TPSA) is 24.5 Å². The van der Waals surface area contributed by atoms with Crippen molar-refractivity contribution < 1.29 is 4.74 Å². The molecule has 0 saturated carbocycles. The van der Waals surface area contributed by atoms with Crippen LogP contribution in [-0.2, 0) is 4.74 Å². The van der Waals surface area contributed by atoms with E-state index in [9.17, 15) is 0 Å². The number of morpholine rings is 1. The lowest BCUT2D eigenvalue weighted by molar-refractivity contribution is -0.0208. The van der Waals surface area contributed by atoms with Crippen LogP contribution < -0.4 is 5.32 Å². The third-order valence-electron chi connectivity index (χ3n) is 2.84. The molecule has 1 aromatic carbocycles. The molecule has 0 spiro atoms. The van der Waals surface area contributed by atoms with Gasteiger partial charge in [-0.15, -0.1) is 0 Å². The number of nitrogens with zero attached hydrogens (tertiary/aromatic N) is 1. The third kappa shape index (κ3) is 2.49. The van der Waals surface area contributed by atoms with Crippen molar-refractivity contribution >= 4 is 5.69 Å². The molecule has 1 saturated heterocycles. The zero-order valence-corrected chi connectivity index (χ0v) is 9.36. The summed E-state index contributed by atoms with van der Waals surface area (Å²) in [6.07, 6.45) is 0.231. The minimum absolute atomic E-state index is 0.231. The van der Waals surface area contributed by atoms with Gasteiger partial charge < -0.3 is 15.0 Å². The molecule has 0 aromatic heterocycles. The summed E-state index contributed by atoms with van der Waals surface area (Å²) in [7, 11) is 4.07. The van der Waals surface area contributed by atoms with Crippen LogP contribution in [0.5, 0.6) is 0 Å². The van der Waals surface area contributed by atoms with Crippen LogP contribution in [0.4, 0.5) is 5.69 Å². The molecule has 0 bridgehead atoms. The maximum Gasteiger partial charge on any atom is 0.0952 e. The fourth-order valence-corrected chi connectivity index (χ4v) is 1.84. The Bertz CT molecular complexity index is 310. The van der Waals surface area contributed by atoms with E-state index in [2.05, 4.69) is 41.5 Å². The molecule has 15 heavy (non-hydrogen) atoms. The van der Waals surface area contributed by atoms with Crippen LogP contribution in [0.1, 0.15) is 11.7 Å². The van der Waals surface area contributed by atoms with Crippen LogP contribution in [-0.4, -0.2) is 38.7 Å². The van der Waals surface area contributed by atoms with Crippen molar-refractivity contribution in [1.82, 2.24) is 4.90 Å². The normalized spacial score (nSPS) is 22.7. The summed E-state index contributed by atoms with van der Waals surface area (Å²) in [6, 6.07) is 8.45. The van der Waals surface area contributed by atoms with E-state index in [0.717, 1.165) is 25.4 Å². The van der Waals surface area contributed by atoms with Crippen molar-refractivity contribution in [3.05, 3.63) is 29.8 Å². The lowest BCUT2D eigenvalue weighted by Gasteiger charge is -2.30. The molecule has 1 aliphatic rings. The highest BCUT2D eigenvalue weighted by Crippen LogP contribution is 2.22. The van der Waals surface area contributed by atoms with Crippen LogP contribution in [0.25, 0.3) is 0 Å². The molecule has 1 unspecified atom stereocenters. The minimum Gasteiger partial charge on any atom is -0.388 e. The molecule has 2 rings (SSSR count). The number of likely N-dealkylation sites (N-methyl/N-ethyl adjacent to an activating group) is 1. The van der Waals surface area contributed by atoms with Gasteiger partial charge in [0.25, 0.3) is 0 Å². The maximum absolute atomic E-state index is 5.75. The van der Waals surface area contributed by atoms with Crippen molar-refractivity contribution in [3.63, 3.8) is 0 Å². The average Bonchev–Trinajstić information content (AvgIpc) is 2.29. The van der Waals surface area contributed by atoms with Gasteiger partial charge in [-0.2, -0.15) is 0 Å². The Morgan fingerprint density at radius 1 is 1.33 bits per heavy atom. The lowest BCUT2D eigenvalue weighted by Crippen LogP contribution is -2.35. The molecule has 0 amide bonds. The highest BCUT2D eigenvalue weighted by molar-refractivity contribution is 5.44. The number of hydrogen-bond donors (Lipinski definition) is 1. The molecule has 1 heterocycles. The van der Waals surface area contributed by atoms with Crippen molar-refractivity contribution in [2.45, 2.75) is 6.10 Å². The first-order chi connectivity index (χ1) is 7.29. The van der Waals surface area contributed by atoms with Gasteiger partial charge in [0.05, 0.1) is 12.7 Å². The standard InChI is InChI=1S/C12H18N2O/c1-13-11-5-3-10(4-6-11)12-9-14(2)7-8-15-12/h3-6,12-13H,7-9H2,1-2H3. The molecule has 1 aliphatic heterocycles. The average molecular weight is 206 g/mol. The van der Waals surface area contributed by atoms with E-state index in [1.807, 2.05) is 7.05 Å². The van der Waals surface area contributed by atoms with E-state index in [-0.39, 0.29) is 6.10 Å². The van der Waals surface area contributed by atoms with Gasteiger partial charge in [-0.25, -0.2) is 0 Å². The Balaban J connectivity index is 2.07. The molecule has 1 fully saturated rings. The second-order valence-electron chi connectivity index (χ2n) is 3.99. The summed E-state index contributed by atoms with van der Waals surface area (Å²) < 4.78 is 5.75. The number of ether oxygens (including phenoxy) is 1. The van der Waals surface area contributed by atoms with Gasteiger partial charge in [0.1, 0.15) is 0 Å².